The third-order valence-corrected chi connectivity index (χ3v) is 6.30. The van der Waals surface area contributed by atoms with Crippen LogP contribution in [0.15, 0.2) is 47.3 Å². The van der Waals surface area contributed by atoms with Crippen molar-refractivity contribution >= 4 is 21.8 Å². The number of aromatic nitrogens is 5. The standard InChI is InChI=1S/C23H21FN6O/c1-12-20(16-10-13(24)6-7-17(16)26-12)22-27-28-23(31)30(22)21-15-4-2-3-5-18(15)29-9-8-14(25)11-19(21)29/h2-7,10,14,26H,8-9,11,25H2,1H3,(H,28,31). The van der Waals surface area contributed by atoms with E-state index in [0.29, 0.717) is 23.2 Å². The molecule has 0 radical (unpaired) electrons. The smallest absolute Gasteiger partial charge is 0.348 e. The molecule has 0 amide bonds. The molecule has 0 fully saturated rings. The van der Waals surface area contributed by atoms with E-state index < -0.39 is 0 Å². The van der Waals surface area contributed by atoms with Crippen LogP contribution in [0.1, 0.15) is 17.8 Å². The van der Waals surface area contributed by atoms with E-state index in [2.05, 4.69) is 25.8 Å². The Balaban J connectivity index is 1.71. The van der Waals surface area contributed by atoms with Crippen LogP contribution < -0.4 is 11.4 Å². The Hall–Kier alpha value is -3.65. The molecule has 2 aromatic carbocycles. The Kier molecular flexibility index (Phi) is 3.76. The highest BCUT2D eigenvalue weighted by Gasteiger charge is 2.28. The van der Waals surface area contributed by atoms with Crippen molar-refractivity contribution in [2.45, 2.75) is 32.4 Å². The molecule has 31 heavy (non-hydrogen) atoms. The molecule has 0 bridgehead atoms. The van der Waals surface area contributed by atoms with Gasteiger partial charge in [0.05, 0.1) is 11.2 Å². The van der Waals surface area contributed by atoms with Gasteiger partial charge >= 0.3 is 5.69 Å². The highest BCUT2D eigenvalue weighted by atomic mass is 19.1. The first kappa shape index (κ1) is 18.1. The molecule has 7 nitrogen and oxygen atoms in total. The molecule has 156 valence electrons. The van der Waals surface area contributed by atoms with Gasteiger partial charge in [0, 0.05) is 52.2 Å². The fraction of sp³-hybridized carbons (Fsp3) is 0.217. The van der Waals surface area contributed by atoms with E-state index in [1.165, 1.54) is 12.1 Å². The zero-order valence-corrected chi connectivity index (χ0v) is 16.9. The summed E-state index contributed by atoms with van der Waals surface area (Å²) < 4.78 is 17.9. The van der Waals surface area contributed by atoms with E-state index in [4.69, 9.17) is 5.73 Å². The van der Waals surface area contributed by atoms with Gasteiger partial charge in [-0.05, 0) is 37.6 Å². The lowest BCUT2D eigenvalue weighted by Crippen LogP contribution is -2.31. The van der Waals surface area contributed by atoms with Gasteiger partial charge in [-0.2, -0.15) is 5.10 Å². The van der Waals surface area contributed by atoms with Crippen molar-refractivity contribution in [1.82, 2.24) is 24.3 Å². The number of rotatable bonds is 2. The fourth-order valence-corrected chi connectivity index (χ4v) is 4.95. The summed E-state index contributed by atoms with van der Waals surface area (Å²) in [4.78, 5) is 16.4. The molecular weight excluding hydrogens is 395 g/mol. The lowest BCUT2D eigenvalue weighted by atomic mass is 10.0. The second-order valence-electron chi connectivity index (χ2n) is 8.22. The number of para-hydroxylation sites is 1. The molecule has 3 aromatic heterocycles. The lowest BCUT2D eigenvalue weighted by Gasteiger charge is -2.23. The zero-order chi connectivity index (χ0) is 21.3. The molecule has 0 saturated heterocycles. The average Bonchev–Trinajstić information content (AvgIpc) is 3.38. The molecule has 4 N–H and O–H groups in total. The van der Waals surface area contributed by atoms with Crippen molar-refractivity contribution in [2.75, 3.05) is 0 Å². The monoisotopic (exact) mass is 416 g/mol. The number of aromatic amines is 2. The maximum atomic E-state index is 14.1. The van der Waals surface area contributed by atoms with Gasteiger partial charge in [-0.1, -0.05) is 18.2 Å². The Morgan fingerprint density at radius 3 is 2.90 bits per heavy atom. The molecule has 8 heteroatoms. The van der Waals surface area contributed by atoms with Crippen molar-refractivity contribution < 1.29 is 4.39 Å². The second-order valence-corrected chi connectivity index (χ2v) is 8.22. The molecular formula is C23H21FN6O. The first-order valence-corrected chi connectivity index (χ1v) is 10.3. The van der Waals surface area contributed by atoms with Crippen molar-refractivity contribution in [3.8, 4) is 17.1 Å². The van der Waals surface area contributed by atoms with E-state index in [-0.39, 0.29) is 17.5 Å². The Morgan fingerprint density at radius 2 is 2.03 bits per heavy atom. The second kappa shape index (κ2) is 6.42. The first-order chi connectivity index (χ1) is 15.0. The third-order valence-electron chi connectivity index (χ3n) is 6.30. The first-order valence-electron chi connectivity index (χ1n) is 10.3. The van der Waals surface area contributed by atoms with Crippen LogP contribution in [0, 0.1) is 12.7 Å². The zero-order valence-electron chi connectivity index (χ0n) is 16.9. The Bertz CT molecular complexity index is 1540. The van der Waals surface area contributed by atoms with Crippen molar-refractivity contribution in [2.24, 2.45) is 5.73 Å². The van der Waals surface area contributed by atoms with Gasteiger partial charge in [0.1, 0.15) is 5.82 Å². The van der Waals surface area contributed by atoms with Crippen molar-refractivity contribution in [3.63, 3.8) is 0 Å². The van der Waals surface area contributed by atoms with E-state index in [1.54, 1.807) is 10.6 Å². The minimum Gasteiger partial charge on any atom is -0.358 e. The van der Waals surface area contributed by atoms with Gasteiger partial charge in [0.25, 0.3) is 0 Å². The summed E-state index contributed by atoms with van der Waals surface area (Å²) >= 11 is 0. The number of aryl methyl sites for hydroxylation is 2. The summed E-state index contributed by atoms with van der Waals surface area (Å²) in [5.74, 6) is 0.118. The number of nitrogens with zero attached hydrogens (tertiary/aromatic N) is 3. The van der Waals surface area contributed by atoms with E-state index in [1.807, 2.05) is 25.1 Å². The molecule has 1 atom stereocenters. The number of fused-ring (bicyclic) bond motifs is 4. The van der Waals surface area contributed by atoms with Crippen molar-refractivity contribution in [3.05, 3.63) is 70.2 Å². The third kappa shape index (κ3) is 2.55. The highest BCUT2D eigenvalue weighted by molar-refractivity contribution is 5.97. The average molecular weight is 416 g/mol. The minimum absolute atomic E-state index is 0.0329. The van der Waals surface area contributed by atoms with E-state index in [9.17, 15) is 9.18 Å². The molecule has 4 heterocycles. The number of halogens is 1. The van der Waals surface area contributed by atoms with Crippen LogP contribution in [0.4, 0.5) is 4.39 Å². The summed E-state index contributed by atoms with van der Waals surface area (Å²) in [6.07, 6.45) is 1.56. The van der Waals surface area contributed by atoms with Crippen LogP contribution in [0.3, 0.4) is 0 Å². The lowest BCUT2D eigenvalue weighted by molar-refractivity contribution is 0.479. The molecule has 1 aliphatic heterocycles. The van der Waals surface area contributed by atoms with E-state index in [0.717, 1.165) is 46.5 Å². The van der Waals surface area contributed by atoms with Gasteiger partial charge < -0.3 is 15.3 Å². The quantitative estimate of drug-likeness (QED) is 0.411. The van der Waals surface area contributed by atoms with Gasteiger partial charge in [0.2, 0.25) is 0 Å². The van der Waals surface area contributed by atoms with Crippen LogP contribution in [-0.4, -0.2) is 30.4 Å². The summed E-state index contributed by atoms with van der Waals surface area (Å²) in [6, 6.07) is 12.7. The van der Waals surface area contributed by atoms with Crippen LogP contribution in [0.25, 0.3) is 38.9 Å². The van der Waals surface area contributed by atoms with Gasteiger partial charge in [-0.3, -0.25) is 0 Å². The molecule has 1 unspecified atom stereocenters. The molecule has 5 aromatic rings. The molecule has 6 rings (SSSR count). The van der Waals surface area contributed by atoms with E-state index >= 15 is 0 Å². The molecule has 0 saturated carbocycles. The molecule has 0 aliphatic carbocycles. The number of H-pyrrole nitrogens is 2. The van der Waals surface area contributed by atoms with Crippen LogP contribution in [0.5, 0.6) is 0 Å². The minimum atomic E-state index is -0.338. The Labute approximate surface area is 176 Å². The summed E-state index contributed by atoms with van der Waals surface area (Å²) in [5.41, 5.74) is 11.2. The normalized spacial score (nSPS) is 16.3. The SMILES string of the molecule is Cc1[nH]c2ccc(F)cc2c1-c1n[nH]c(=O)n1-c1c2n(c3ccccc13)CCC(N)C2. The maximum Gasteiger partial charge on any atom is 0.348 e. The summed E-state index contributed by atoms with van der Waals surface area (Å²) in [6.45, 7) is 2.70. The van der Waals surface area contributed by atoms with Crippen LogP contribution >= 0.6 is 0 Å². The van der Waals surface area contributed by atoms with Crippen LogP contribution in [-0.2, 0) is 13.0 Å². The fourth-order valence-electron chi connectivity index (χ4n) is 4.95. The predicted octanol–water partition coefficient (Wildman–Crippen LogP) is 3.38. The predicted molar refractivity (Wildman–Crippen MR) is 118 cm³/mol. The number of hydrogen-bond donors (Lipinski definition) is 3. The van der Waals surface area contributed by atoms with Gasteiger partial charge in [-0.15, -0.1) is 0 Å². The number of benzene rings is 2. The summed E-state index contributed by atoms with van der Waals surface area (Å²) in [7, 11) is 0. The largest absolute Gasteiger partial charge is 0.358 e. The van der Waals surface area contributed by atoms with Gasteiger partial charge in [0.15, 0.2) is 5.82 Å². The number of hydrogen-bond acceptors (Lipinski definition) is 3. The van der Waals surface area contributed by atoms with Crippen LogP contribution in [0.2, 0.25) is 0 Å². The number of nitrogens with one attached hydrogen (secondary N) is 2. The topological polar surface area (TPSA) is 97.4 Å². The van der Waals surface area contributed by atoms with Gasteiger partial charge in [-0.25, -0.2) is 18.9 Å². The molecule has 0 spiro atoms. The summed E-state index contributed by atoms with van der Waals surface area (Å²) in [5, 5.41) is 8.64. The maximum absolute atomic E-state index is 14.1. The highest BCUT2D eigenvalue weighted by Crippen LogP contribution is 2.37. The van der Waals surface area contributed by atoms with Crippen molar-refractivity contribution in [1.29, 1.82) is 0 Å². The molecule has 1 aliphatic rings. The number of nitrogens with two attached hydrogens (primary N) is 1. The Morgan fingerprint density at radius 1 is 1.19 bits per heavy atom.